The van der Waals surface area contributed by atoms with Crippen LogP contribution in [0, 0.1) is 6.92 Å². The molecule has 2 N–H and O–H groups in total. The molecular weight excluding hydrogens is 362 g/mol. The summed E-state index contributed by atoms with van der Waals surface area (Å²) >= 11 is 0. The molecule has 0 fully saturated rings. The molecule has 2 aromatic carbocycles. The van der Waals surface area contributed by atoms with Crippen molar-refractivity contribution in [1.82, 2.24) is 10.0 Å². The number of sulfonamides is 1. The van der Waals surface area contributed by atoms with Gasteiger partial charge in [-0.3, -0.25) is 4.90 Å². The van der Waals surface area contributed by atoms with Gasteiger partial charge < -0.3 is 5.32 Å². The highest BCUT2D eigenvalue weighted by Crippen LogP contribution is 2.30. The molecule has 0 saturated carbocycles. The fourth-order valence-corrected chi connectivity index (χ4v) is 4.24. The van der Waals surface area contributed by atoms with Gasteiger partial charge in [-0.15, -0.1) is 0 Å². The lowest BCUT2D eigenvalue weighted by Crippen LogP contribution is -2.39. The van der Waals surface area contributed by atoms with Gasteiger partial charge in [-0.2, -0.15) is 0 Å². The Hall–Kier alpha value is -2.38. The molecule has 1 aliphatic heterocycles. The lowest BCUT2D eigenvalue weighted by molar-refractivity contribution is 0.247. The number of carbonyl (C=O) groups is 1. The number of amides is 2. The molecule has 6 nitrogen and oxygen atoms in total. The zero-order valence-corrected chi connectivity index (χ0v) is 16.5. The predicted octanol–water partition coefficient (Wildman–Crippen LogP) is 2.96. The average Bonchev–Trinajstić information content (AvgIpc) is 3.08. The number of aryl methyl sites for hydroxylation is 1. The summed E-state index contributed by atoms with van der Waals surface area (Å²) in [6.45, 7) is 5.40. The number of fused-ring (bicyclic) bond motifs is 1. The molecule has 1 aliphatic rings. The van der Waals surface area contributed by atoms with Crippen molar-refractivity contribution in [2.75, 3.05) is 18.0 Å². The van der Waals surface area contributed by atoms with E-state index in [-0.39, 0.29) is 17.5 Å². The fraction of sp³-hybridized carbons (Fsp3) is 0.350. The molecule has 1 heterocycles. The molecule has 27 heavy (non-hydrogen) atoms. The minimum absolute atomic E-state index is 0.135. The van der Waals surface area contributed by atoms with Crippen LogP contribution in [0.25, 0.3) is 0 Å². The number of hydrogen-bond acceptors (Lipinski definition) is 3. The van der Waals surface area contributed by atoms with Crippen molar-refractivity contribution < 1.29 is 13.2 Å². The summed E-state index contributed by atoms with van der Waals surface area (Å²) in [6.07, 6.45) is 1.52. The Morgan fingerprint density at radius 1 is 1.19 bits per heavy atom. The highest BCUT2D eigenvalue weighted by atomic mass is 32.2. The predicted molar refractivity (Wildman–Crippen MR) is 106 cm³/mol. The van der Waals surface area contributed by atoms with Crippen LogP contribution in [-0.2, 0) is 23.0 Å². The fourth-order valence-electron chi connectivity index (χ4n) is 3.17. The Morgan fingerprint density at radius 3 is 2.74 bits per heavy atom. The van der Waals surface area contributed by atoms with E-state index >= 15 is 0 Å². The van der Waals surface area contributed by atoms with Crippen LogP contribution in [-0.4, -0.2) is 27.5 Å². The number of benzene rings is 2. The monoisotopic (exact) mass is 387 g/mol. The van der Waals surface area contributed by atoms with E-state index in [0.29, 0.717) is 19.5 Å². The van der Waals surface area contributed by atoms with Crippen LogP contribution >= 0.6 is 0 Å². The van der Waals surface area contributed by atoms with E-state index in [2.05, 4.69) is 10.0 Å². The summed E-state index contributed by atoms with van der Waals surface area (Å²) in [5.74, 6) is 0. The second-order valence-corrected chi connectivity index (χ2v) is 8.50. The molecule has 144 valence electrons. The Bertz CT molecular complexity index is 941. The van der Waals surface area contributed by atoms with Gasteiger partial charge >= 0.3 is 6.03 Å². The SMILES string of the molecule is CCCNC(=O)N1CCc2cc(S(=O)(=O)NCc3cccc(C)c3)ccc21. The minimum atomic E-state index is -3.61. The van der Waals surface area contributed by atoms with Crippen molar-refractivity contribution in [1.29, 1.82) is 0 Å². The first-order valence-electron chi connectivity index (χ1n) is 9.14. The smallest absolute Gasteiger partial charge is 0.321 e. The number of anilines is 1. The molecule has 2 amide bonds. The zero-order chi connectivity index (χ0) is 19.4. The van der Waals surface area contributed by atoms with Gasteiger partial charge in [0.1, 0.15) is 0 Å². The quantitative estimate of drug-likeness (QED) is 0.800. The van der Waals surface area contributed by atoms with Crippen LogP contribution in [0.1, 0.15) is 30.0 Å². The minimum Gasteiger partial charge on any atom is -0.338 e. The summed E-state index contributed by atoms with van der Waals surface area (Å²) in [5.41, 5.74) is 3.66. The first kappa shape index (κ1) is 19.4. The Kier molecular flexibility index (Phi) is 5.82. The van der Waals surface area contributed by atoms with Gasteiger partial charge in [-0.25, -0.2) is 17.9 Å². The standard InChI is InChI=1S/C20H25N3O3S/c1-3-10-21-20(24)23-11-9-17-13-18(7-8-19(17)23)27(25,26)22-14-16-6-4-5-15(2)12-16/h4-8,12-13,22H,3,9-11,14H2,1-2H3,(H,21,24). The molecule has 0 radical (unpaired) electrons. The summed E-state index contributed by atoms with van der Waals surface area (Å²) in [4.78, 5) is 14.1. The van der Waals surface area contributed by atoms with Crippen molar-refractivity contribution >= 4 is 21.7 Å². The van der Waals surface area contributed by atoms with E-state index < -0.39 is 10.0 Å². The van der Waals surface area contributed by atoms with E-state index in [1.54, 1.807) is 23.1 Å². The Labute approximate surface area is 160 Å². The van der Waals surface area contributed by atoms with Crippen molar-refractivity contribution in [3.8, 4) is 0 Å². The van der Waals surface area contributed by atoms with E-state index in [1.807, 2.05) is 38.1 Å². The third-order valence-electron chi connectivity index (χ3n) is 4.58. The van der Waals surface area contributed by atoms with Crippen molar-refractivity contribution in [2.45, 2.75) is 38.1 Å². The van der Waals surface area contributed by atoms with Gasteiger partial charge in [0, 0.05) is 25.3 Å². The highest BCUT2D eigenvalue weighted by molar-refractivity contribution is 7.89. The first-order chi connectivity index (χ1) is 12.9. The van der Waals surface area contributed by atoms with E-state index in [4.69, 9.17) is 0 Å². The third-order valence-corrected chi connectivity index (χ3v) is 5.98. The number of nitrogens with one attached hydrogen (secondary N) is 2. The van der Waals surface area contributed by atoms with Crippen LogP contribution in [0.3, 0.4) is 0 Å². The molecule has 3 rings (SSSR count). The topological polar surface area (TPSA) is 78.5 Å². The molecule has 7 heteroatoms. The second-order valence-electron chi connectivity index (χ2n) is 6.74. The average molecular weight is 388 g/mol. The van der Waals surface area contributed by atoms with Gasteiger partial charge in [0.2, 0.25) is 10.0 Å². The van der Waals surface area contributed by atoms with E-state index in [0.717, 1.165) is 28.8 Å². The molecule has 0 bridgehead atoms. The summed E-state index contributed by atoms with van der Waals surface area (Å²) in [7, 11) is -3.61. The molecule has 0 saturated heterocycles. The summed E-state index contributed by atoms with van der Waals surface area (Å²) in [5, 5.41) is 2.86. The Balaban J connectivity index is 1.73. The number of carbonyl (C=O) groups excluding carboxylic acids is 1. The van der Waals surface area contributed by atoms with E-state index in [1.165, 1.54) is 0 Å². The first-order valence-corrected chi connectivity index (χ1v) is 10.6. The molecule has 0 atom stereocenters. The summed E-state index contributed by atoms with van der Waals surface area (Å²) < 4.78 is 27.9. The number of rotatable bonds is 6. The largest absolute Gasteiger partial charge is 0.338 e. The lowest BCUT2D eigenvalue weighted by atomic mass is 10.1. The molecule has 0 aromatic heterocycles. The molecule has 0 spiro atoms. The van der Waals surface area contributed by atoms with Crippen LogP contribution in [0.2, 0.25) is 0 Å². The van der Waals surface area contributed by atoms with Crippen LogP contribution in [0.4, 0.5) is 10.5 Å². The lowest BCUT2D eigenvalue weighted by Gasteiger charge is -2.18. The molecular formula is C20H25N3O3S. The highest BCUT2D eigenvalue weighted by Gasteiger charge is 2.26. The van der Waals surface area contributed by atoms with Crippen molar-refractivity contribution in [3.63, 3.8) is 0 Å². The van der Waals surface area contributed by atoms with Gasteiger partial charge in [0.25, 0.3) is 0 Å². The molecule has 2 aromatic rings. The van der Waals surface area contributed by atoms with Gasteiger partial charge in [-0.1, -0.05) is 36.8 Å². The van der Waals surface area contributed by atoms with Crippen LogP contribution < -0.4 is 14.9 Å². The van der Waals surface area contributed by atoms with Crippen LogP contribution in [0.5, 0.6) is 0 Å². The molecule has 0 unspecified atom stereocenters. The Morgan fingerprint density at radius 2 is 2.00 bits per heavy atom. The number of urea groups is 1. The number of nitrogens with zero attached hydrogens (tertiary/aromatic N) is 1. The number of hydrogen-bond donors (Lipinski definition) is 2. The van der Waals surface area contributed by atoms with Crippen molar-refractivity contribution in [2.24, 2.45) is 0 Å². The maximum absolute atomic E-state index is 12.6. The van der Waals surface area contributed by atoms with E-state index in [9.17, 15) is 13.2 Å². The normalized spacial score (nSPS) is 13.5. The van der Waals surface area contributed by atoms with Gasteiger partial charge in [0.05, 0.1) is 4.90 Å². The summed E-state index contributed by atoms with van der Waals surface area (Å²) in [6, 6.07) is 12.5. The maximum atomic E-state index is 12.6. The zero-order valence-electron chi connectivity index (χ0n) is 15.7. The van der Waals surface area contributed by atoms with Gasteiger partial charge in [0.15, 0.2) is 0 Å². The van der Waals surface area contributed by atoms with Gasteiger partial charge in [-0.05, 0) is 49.1 Å². The second kappa shape index (κ2) is 8.10. The molecule has 0 aliphatic carbocycles. The maximum Gasteiger partial charge on any atom is 0.321 e. The third kappa shape index (κ3) is 4.48. The van der Waals surface area contributed by atoms with Crippen LogP contribution in [0.15, 0.2) is 47.4 Å². The van der Waals surface area contributed by atoms with Crippen molar-refractivity contribution in [3.05, 3.63) is 59.2 Å².